The van der Waals surface area contributed by atoms with Crippen LogP contribution >= 0.6 is 0 Å². The first-order valence-corrected chi connectivity index (χ1v) is 8.13. The van der Waals surface area contributed by atoms with E-state index in [9.17, 15) is 0 Å². The van der Waals surface area contributed by atoms with Crippen LogP contribution in [0.4, 0.5) is 5.82 Å². The summed E-state index contributed by atoms with van der Waals surface area (Å²) in [7, 11) is 0. The molecule has 0 aliphatic carbocycles. The van der Waals surface area contributed by atoms with Gasteiger partial charge in [-0.25, -0.2) is 4.98 Å². The fraction of sp³-hybridized carbons (Fsp3) is 0.412. The Morgan fingerprint density at radius 1 is 1.29 bits per heavy atom. The number of rotatable bonds is 4. The van der Waals surface area contributed by atoms with E-state index in [4.69, 9.17) is 9.26 Å². The Labute approximate surface area is 139 Å². The topological polar surface area (TPSA) is 77.2 Å². The number of pyridine rings is 1. The summed E-state index contributed by atoms with van der Waals surface area (Å²) in [6, 6.07) is 3.97. The Kier molecular flexibility index (Phi) is 4.08. The molecule has 1 fully saturated rings. The molecule has 0 aromatic carbocycles. The zero-order valence-electron chi connectivity index (χ0n) is 13.6. The van der Waals surface area contributed by atoms with E-state index < -0.39 is 0 Å². The van der Waals surface area contributed by atoms with Crippen molar-refractivity contribution in [2.24, 2.45) is 0 Å². The molecule has 124 valence electrons. The van der Waals surface area contributed by atoms with Gasteiger partial charge in [0.2, 0.25) is 0 Å². The van der Waals surface area contributed by atoms with Gasteiger partial charge in [0.15, 0.2) is 0 Å². The summed E-state index contributed by atoms with van der Waals surface area (Å²) in [5.74, 6) is 0.907. The van der Waals surface area contributed by atoms with Crippen LogP contribution in [-0.4, -0.2) is 39.3 Å². The lowest BCUT2D eigenvalue weighted by Gasteiger charge is -2.32. The molecule has 0 amide bonds. The molecule has 7 heteroatoms. The van der Waals surface area contributed by atoms with Crippen molar-refractivity contribution in [3.63, 3.8) is 0 Å². The van der Waals surface area contributed by atoms with Crippen LogP contribution in [0.1, 0.15) is 24.1 Å². The van der Waals surface area contributed by atoms with E-state index in [-0.39, 0.29) is 6.10 Å². The number of ether oxygens (including phenoxy) is 1. The van der Waals surface area contributed by atoms with Crippen LogP contribution in [0.2, 0.25) is 0 Å². The van der Waals surface area contributed by atoms with Gasteiger partial charge in [0.05, 0.1) is 18.4 Å². The second-order valence-electron chi connectivity index (χ2n) is 6.00. The molecule has 4 rings (SSSR count). The summed E-state index contributed by atoms with van der Waals surface area (Å²) in [6.45, 7) is 4.33. The quantitative estimate of drug-likeness (QED) is 0.729. The van der Waals surface area contributed by atoms with Gasteiger partial charge in [0.25, 0.3) is 5.71 Å². The minimum atomic E-state index is 0.266. The number of piperidine rings is 1. The molecular formula is C17H19N5O2. The van der Waals surface area contributed by atoms with Crippen molar-refractivity contribution in [3.05, 3.63) is 42.1 Å². The Morgan fingerprint density at radius 2 is 2.17 bits per heavy atom. The van der Waals surface area contributed by atoms with Gasteiger partial charge in [-0.2, -0.15) is 4.98 Å². The SMILES string of the molecule is Cc1noc2ncnc(N3CCC(OCc4cccnc4)CC3)c12. The molecule has 1 saturated heterocycles. The minimum Gasteiger partial charge on any atom is -0.373 e. The van der Waals surface area contributed by atoms with E-state index in [0.717, 1.165) is 48.4 Å². The van der Waals surface area contributed by atoms with Crippen LogP contribution in [0.15, 0.2) is 35.4 Å². The number of anilines is 1. The summed E-state index contributed by atoms with van der Waals surface area (Å²) in [5.41, 5.74) is 2.49. The monoisotopic (exact) mass is 325 g/mol. The van der Waals surface area contributed by atoms with Crippen molar-refractivity contribution in [2.45, 2.75) is 32.5 Å². The van der Waals surface area contributed by atoms with Gasteiger partial charge in [-0.15, -0.1) is 0 Å². The minimum absolute atomic E-state index is 0.266. The first-order chi connectivity index (χ1) is 11.8. The van der Waals surface area contributed by atoms with Crippen molar-refractivity contribution in [2.75, 3.05) is 18.0 Å². The van der Waals surface area contributed by atoms with E-state index >= 15 is 0 Å². The highest BCUT2D eigenvalue weighted by Gasteiger charge is 2.24. The third-order valence-electron chi connectivity index (χ3n) is 4.37. The predicted molar refractivity (Wildman–Crippen MR) is 88.6 cm³/mol. The fourth-order valence-corrected chi connectivity index (χ4v) is 3.08. The smallest absolute Gasteiger partial charge is 0.263 e. The number of aromatic nitrogens is 4. The first kappa shape index (κ1) is 15.0. The van der Waals surface area contributed by atoms with Crippen molar-refractivity contribution in [1.29, 1.82) is 0 Å². The zero-order valence-corrected chi connectivity index (χ0v) is 13.6. The highest BCUT2D eigenvalue weighted by Crippen LogP contribution is 2.28. The molecule has 3 aromatic rings. The average molecular weight is 325 g/mol. The number of hydrogen-bond donors (Lipinski definition) is 0. The zero-order chi connectivity index (χ0) is 16.4. The molecule has 0 spiro atoms. The fourth-order valence-electron chi connectivity index (χ4n) is 3.08. The van der Waals surface area contributed by atoms with Gasteiger partial charge in [-0.1, -0.05) is 11.2 Å². The Hall–Kier alpha value is -2.54. The lowest BCUT2D eigenvalue weighted by Crippen LogP contribution is -2.37. The average Bonchev–Trinajstić information content (AvgIpc) is 3.03. The third-order valence-corrected chi connectivity index (χ3v) is 4.37. The lowest BCUT2D eigenvalue weighted by molar-refractivity contribution is 0.0249. The summed E-state index contributed by atoms with van der Waals surface area (Å²) >= 11 is 0. The second kappa shape index (κ2) is 6.52. The Bertz CT molecular complexity index is 812. The van der Waals surface area contributed by atoms with Gasteiger partial charge in [0, 0.05) is 25.5 Å². The van der Waals surface area contributed by atoms with Gasteiger partial charge in [-0.3, -0.25) is 4.98 Å². The van der Waals surface area contributed by atoms with Gasteiger partial charge < -0.3 is 14.2 Å². The molecule has 7 nitrogen and oxygen atoms in total. The third kappa shape index (κ3) is 2.94. The van der Waals surface area contributed by atoms with Crippen molar-refractivity contribution < 1.29 is 9.26 Å². The Balaban J connectivity index is 1.40. The summed E-state index contributed by atoms with van der Waals surface area (Å²) in [6.07, 6.45) is 7.36. The molecule has 1 aliphatic rings. The first-order valence-electron chi connectivity index (χ1n) is 8.13. The van der Waals surface area contributed by atoms with Crippen molar-refractivity contribution in [3.8, 4) is 0 Å². The van der Waals surface area contributed by atoms with Crippen LogP contribution in [0, 0.1) is 6.92 Å². The largest absolute Gasteiger partial charge is 0.373 e. The molecular weight excluding hydrogens is 306 g/mol. The number of nitrogens with zero attached hydrogens (tertiary/aromatic N) is 5. The maximum absolute atomic E-state index is 6.02. The lowest BCUT2D eigenvalue weighted by atomic mass is 10.1. The highest BCUT2D eigenvalue weighted by atomic mass is 16.5. The Morgan fingerprint density at radius 3 is 2.96 bits per heavy atom. The normalized spacial score (nSPS) is 16.0. The highest BCUT2D eigenvalue weighted by molar-refractivity contribution is 5.87. The summed E-state index contributed by atoms with van der Waals surface area (Å²) in [4.78, 5) is 15.0. The molecule has 0 N–H and O–H groups in total. The molecule has 24 heavy (non-hydrogen) atoms. The van der Waals surface area contributed by atoms with E-state index in [1.54, 1.807) is 6.20 Å². The van der Waals surface area contributed by atoms with Gasteiger partial charge in [0.1, 0.15) is 17.5 Å². The van der Waals surface area contributed by atoms with E-state index in [1.165, 1.54) is 6.33 Å². The second-order valence-corrected chi connectivity index (χ2v) is 6.00. The molecule has 3 aromatic heterocycles. The molecule has 0 bridgehead atoms. The number of hydrogen-bond acceptors (Lipinski definition) is 7. The maximum atomic E-state index is 6.02. The predicted octanol–water partition coefficient (Wildman–Crippen LogP) is 2.51. The van der Waals surface area contributed by atoms with Crippen molar-refractivity contribution >= 4 is 16.9 Å². The standard InChI is InChI=1S/C17H19N5O2/c1-12-15-16(19-11-20-17(15)24-21-12)22-7-4-14(5-8-22)23-10-13-3-2-6-18-9-13/h2-3,6,9,11,14H,4-5,7-8,10H2,1H3. The van der Waals surface area contributed by atoms with Crippen LogP contribution in [-0.2, 0) is 11.3 Å². The molecule has 1 aliphatic heterocycles. The molecule has 0 saturated carbocycles. The van der Waals surface area contributed by atoms with Crippen LogP contribution in [0.5, 0.6) is 0 Å². The van der Waals surface area contributed by atoms with E-state index in [0.29, 0.717) is 12.3 Å². The van der Waals surface area contributed by atoms with E-state index in [1.807, 2.05) is 25.3 Å². The maximum Gasteiger partial charge on any atom is 0.263 e. The number of fused-ring (bicyclic) bond motifs is 1. The van der Waals surface area contributed by atoms with Crippen molar-refractivity contribution in [1.82, 2.24) is 20.1 Å². The molecule has 0 radical (unpaired) electrons. The van der Waals surface area contributed by atoms with Crippen LogP contribution < -0.4 is 4.90 Å². The van der Waals surface area contributed by atoms with E-state index in [2.05, 4.69) is 25.0 Å². The van der Waals surface area contributed by atoms with Crippen LogP contribution in [0.3, 0.4) is 0 Å². The molecule has 4 heterocycles. The van der Waals surface area contributed by atoms with Gasteiger partial charge in [-0.05, 0) is 31.4 Å². The summed E-state index contributed by atoms with van der Waals surface area (Å²) in [5, 5.41) is 4.90. The number of aryl methyl sites for hydroxylation is 1. The molecule has 0 unspecified atom stereocenters. The van der Waals surface area contributed by atoms with Gasteiger partial charge >= 0.3 is 0 Å². The van der Waals surface area contributed by atoms with Crippen LogP contribution in [0.25, 0.3) is 11.1 Å². The molecule has 0 atom stereocenters. The summed E-state index contributed by atoms with van der Waals surface area (Å²) < 4.78 is 11.2.